The maximum absolute atomic E-state index is 11.0. The van der Waals surface area contributed by atoms with Gasteiger partial charge in [-0.25, -0.2) is 0 Å². The minimum atomic E-state index is -0.824. The first-order valence-electron chi connectivity index (χ1n) is 29.5. The number of aliphatic hydroxyl groups is 1. The van der Waals surface area contributed by atoms with Gasteiger partial charge in [-0.3, -0.25) is 0 Å². The molecule has 0 aliphatic heterocycles. The average molecular weight is 900 g/mol. The molecule has 0 bridgehead atoms. The van der Waals surface area contributed by atoms with Crippen LogP contribution in [0.25, 0.3) is 0 Å². The van der Waals surface area contributed by atoms with Crippen molar-refractivity contribution in [1.82, 2.24) is 0 Å². The van der Waals surface area contributed by atoms with Crippen molar-refractivity contribution >= 4 is 0 Å². The van der Waals surface area contributed by atoms with Gasteiger partial charge in [-0.2, -0.15) is 0 Å². The predicted octanol–water partition coefficient (Wildman–Crippen LogP) is 20.9. The van der Waals surface area contributed by atoms with Crippen LogP contribution in [0.15, 0.2) is 18.2 Å². The summed E-state index contributed by atoms with van der Waals surface area (Å²) in [4.78, 5) is 0. The van der Waals surface area contributed by atoms with E-state index in [0.29, 0.717) is 31.1 Å². The molecule has 0 aliphatic rings. The molecule has 1 rings (SSSR count). The van der Waals surface area contributed by atoms with Crippen LogP contribution in [0.2, 0.25) is 0 Å². The number of ether oxygens (including phenoxy) is 3. The SMILES string of the molecule is CCCCCCCCCCCCCCCCCCOc1cccc(OC(O)CCCCCCCCCCCCCCCCC)c1OCCCCCCCCCCCCCCCCCC. The molecule has 1 N–H and O–H groups in total. The summed E-state index contributed by atoms with van der Waals surface area (Å²) in [6, 6.07) is 5.95. The van der Waals surface area contributed by atoms with E-state index in [9.17, 15) is 5.11 Å². The molecule has 0 fully saturated rings. The van der Waals surface area contributed by atoms with Crippen LogP contribution >= 0.6 is 0 Å². The van der Waals surface area contributed by atoms with Gasteiger partial charge in [0.2, 0.25) is 5.75 Å². The maximum atomic E-state index is 11.0. The van der Waals surface area contributed by atoms with Gasteiger partial charge in [0.15, 0.2) is 17.8 Å². The molecule has 0 amide bonds. The quantitative estimate of drug-likeness (QED) is 0.0523. The van der Waals surface area contributed by atoms with Gasteiger partial charge >= 0.3 is 0 Å². The Hall–Kier alpha value is -1.42. The number of unbranched alkanes of at least 4 members (excludes halogenated alkanes) is 44. The minimum absolute atomic E-state index is 0.620. The van der Waals surface area contributed by atoms with E-state index in [1.165, 1.54) is 276 Å². The molecule has 64 heavy (non-hydrogen) atoms. The first-order valence-corrected chi connectivity index (χ1v) is 29.5. The summed E-state index contributed by atoms with van der Waals surface area (Å²) >= 11 is 0. The van der Waals surface area contributed by atoms with E-state index in [0.717, 1.165) is 31.4 Å². The molecule has 0 saturated heterocycles. The minimum Gasteiger partial charge on any atom is -0.490 e. The Balaban J connectivity index is 2.35. The molecule has 1 atom stereocenters. The van der Waals surface area contributed by atoms with Gasteiger partial charge < -0.3 is 19.3 Å². The second-order valence-electron chi connectivity index (χ2n) is 20.2. The van der Waals surface area contributed by atoms with Crippen LogP contribution in [-0.4, -0.2) is 24.6 Å². The van der Waals surface area contributed by atoms with E-state index in [4.69, 9.17) is 14.2 Å². The van der Waals surface area contributed by atoms with Gasteiger partial charge in [-0.1, -0.05) is 309 Å². The van der Waals surface area contributed by atoms with E-state index in [1.807, 2.05) is 18.2 Å². The number of hydrogen-bond acceptors (Lipinski definition) is 4. The van der Waals surface area contributed by atoms with Crippen molar-refractivity contribution < 1.29 is 19.3 Å². The molecular weight excluding hydrogens is 785 g/mol. The zero-order valence-electron chi connectivity index (χ0n) is 43.8. The summed E-state index contributed by atoms with van der Waals surface area (Å²) < 4.78 is 19.0. The average Bonchev–Trinajstić information content (AvgIpc) is 3.30. The van der Waals surface area contributed by atoms with Gasteiger partial charge in [0.05, 0.1) is 13.2 Å². The molecule has 0 aliphatic carbocycles. The monoisotopic (exact) mass is 899 g/mol. The highest BCUT2D eigenvalue weighted by molar-refractivity contribution is 5.51. The van der Waals surface area contributed by atoms with Crippen molar-refractivity contribution in [3.05, 3.63) is 18.2 Å². The van der Waals surface area contributed by atoms with Gasteiger partial charge in [-0.15, -0.1) is 0 Å². The maximum Gasteiger partial charge on any atom is 0.203 e. The van der Waals surface area contributed by atoms with E-state index in [-0.39, 0.29) is 0 Å². The third-order valence-electron chi connectivity index (χ3n) is 13.8. The lowest BCUT2D eigenvalue weighted by molar-refractivity contribution is -0.0266. The van der Waals surface area contributed by atoms with Crippen LogP contribution in [-0.2, 0) is 0 Å². The van der Waals surface area contributed by atoms with Crippen LogP contribution in [0, 0.1) is 0 Å². The van der Waals surface area contributed by atoms with Crippen molar-refractivity contribution in [2.45, 2.75) is 335 Å². The smallest absolute Gasteiger partial charge is 0.203 e. The van der Waals surface area contributed by atoms with Crippen LogP contribution < -0.4 is 14.2 Å². The number of rotatable bonds is 54. The predicted molar refractivity (Wildman–Crippen MR) is 283 cm³/mol. The molecule has 378 valence electrons. The number of para-hydroxylation sites is 1. The number of hydrogen-bond donors (Lipinski definition) is 1. The normalized spacial score (nSPS) is 12.0. The second-order valence-corrected chi connectivity index (χ2v) is 20.2. The van der Waals surface area contributed by atoms with Gasteiger partial charge in [0, 0.05) is 6.42 Å². The highest BCUT2D eigenvalue weighted by Crippen LogP contribution is 2.38. The van der Waals surface area contributed by atoms with Crippen molar-refractivity contribution in [3.63, 3.8) is 0 Å². The van der Waals surface area contributed by atoms with Crippen LogP contribution in [0.1, 0.15) is 329 Å². The lowest BCUT2D eigenvalue weighted by Gasteiger charge is -2.19. The topological polar surface area (TPSA) is 47.9 Å². The zero-order valence-corrected chi connectivity index (χ0v) is 43.8. The molecule has 4 nitrogen and oxygen atoms in total. The lowest BCUT2D eigenvalue weighted by atomic mass is 10.0. The van der Waals surface area contributed by atoms with Crippen molar-refractivity contribution in [2.24, 2.45) is 0 Å². The van der Waals surface area contributed by atoms with Crippen molar-refractivity contribution in [1.29, 1.82) is 0 Å². The highest BCUT2D eigenvalue weighted by atomic mass is 16.6. The Morgan fingerprint density at radius 2 is 0.562 bits per heavy atom. The lowest BCUT2D eigenvalue weighted by Crippen LogP contribution is -2.16. The summed E-state index contributed by atoms with van der Waals surface area (Å²) in [5.74, 6) is 2.05. The summed E-state index contributed by atoms with van der Waals surface area (Å²) in [6.45, 7) is 8.25. The molecule has 4 heteroatoms. The fourth-order valence-corrected chi connectivity index (χ4v) is 9.40. The Bertz CT molecular complexity index is 1030. The Morgan fingerprint density at radius 1 is 0.312 bits per heavy atom. The van der Waals surface area contributed by atoms with E-state index < -0.39 is 6.29 Å². The third-order valence-corrected chi connectivity index (χ3v) is 13.8. The molecule has 1 aromatic rings. The molecule has 0 aromatic heterocycles. The van der Waals surface area contributed by atoms with Gasteiger partial charge in [0.1, 0.15) is 0 Å². The summed E-state index contributed by atoms with van der Waals surface area (Å²) in [5, 5.41) is 11.0. The Labute approximate surface area is 401 Å². The Morgan fingerprint density at radius 3 is 0.875 bits per heavy atom. The fourth-order valence-electron chi connectivity index (χ4n) is 9.40. The zero-order chi connectivity index (χ0) is 45.9. The van der Waals surface area contributed by atoms with E-state index >= 15 is 0 Å². The third kappa shape index (κ3) is 42.0. The molecule has 0 heterocycles. The molecular formula is C60H114O4. The Kier molecular flexibility index (Phi) is 48.3. The van der Waals surface area contributed by atoms with Crippen LogP contribution in [0.5, 0.6) is 17.2 Å². The largest absolute Gasteiger partial charge is 0.490 e. The molecule has 0 spiro atoms. The van der Waals surface area contributed by atoms with E-state index in [1.54, 1.807) is 0 Å². The van der Waals surface area contributed by atoms with Crippen LogP contribution in [0.4, 0.5) is 0 Å². The fraction of sp³-hybridized carbons (Fsp3) is 0.900. The van der Waals surface area contributed by atoms with Crippen LogP contribution in [0.3, 0.4) is 0 Å². The number of benzene rings is 1. The first-order chi connectivity index (χ1) is 31.7. The molecule has 0 radical (unpaired) electrons. The standard InChI is InChI=1S/C60H114O4/c1-4-7-10-13-16-19-22-25-28-31-34-37-40-43-46-49-55-62-57-52-51-53-58(64-59(61)54-48-45-42-39-36-33-30-27-24-21-18-15-12-9-6-3)60(57)63-56-50-47-44-41-38-35-32-29-26-23-20-17-14-11-8-5-2/h51-53,59,61H,4-50,54-56H2,1-3H3. The van der Waals surface area contributed by atoms with Crippen molar-refractivity contribution in [3.8, 4) is 17.2 Å². The van der Waals surface area contributed by atoms with Gasteiger partial charge in [-0.05, 0) is 31.4 Å². The molecule has 0 saturated carbocycles. The van der Waals surface area contributed by atoms with Crippen molar-refractivity contribution in [2.75, 3.05) is 13.2 Å². The summed E-state index contributed by atoms with van der Waals surface area (Å²) in [6.07, 6.45) is 63.6. The van der Waals surface area contributed by atoms with E-state index in [2.05, 4.69) is 20.8 Å². The molecule has 1 unspecified atom stereocenters. The number of aliphatic hydroxyl groups excluding tert-OH is 1. The molecule has 1 aromatic carbocycles. The second kappa shape index (κ2) is 51.0. The van der Waals surface area contributed by atoms with Gasteiger partial charge in [0.25, 0.3) is 0 Å². The summed E-state index contributed by atoms with van der Waals surface area (Å²) in [7, 11) is 0. The first kappa shape index (κ1) is 60.6. The summed E-state index contributed by atoms with van der Waals surface area (Å²) in [5.41, 5.74) is 0. The highest BCUT2D eigenvalue weighted by Gasteiger charge is 2.16.